The molecule has 0 fully saturated rings. The molecule has 0 aliphatic heterocycles. The van der Waals surface area contributed by atoms with Gasteiger partial charge >= 0.3 is 0 Å². The van der Waals surface area contributed by atoms with Crippen LogP contribution < -0.4 is 10.3 Å². The zero-order valence-corrected chi connectivity index (χ0v) is 13.6. The van der Waals surface area contributed by atoms with Crippen LogP contribution in [-0.2, 0) is 13.6 Å². The molecule has 0 atom stereocenters. The van der Waals surface area contributed by atoms with Gasteiger partial charge in [-0.25, -0.2) is 4.98 Å². The SMILES string of the molecule is COc1ccccc1-c1noc(Cn2cnc3c(cnn3C)c2=O)n1. The minimum atomic E-state index is -0.213. The lowest BCUT2D eigenvalue weighted by atomic mass is 10.2. The summed E-state index contributed by atoms with van der Waals surface area (Å²) in [6.07, 6.45) is 2.94. The van der Waals surface area contributed by atoms with Crippen LogP contribution in [0.3, 0.4) is 0 Å². The predicted octanol–water partition coefficient (Wildman–Crippen LogP) is 1.24. The average Bonchev–Trinajstić information content (AvgIpc) is 3.25. The van der Waals surface area contributed by atoms with E-state index in [4.69, 9.17) is 9.26 Å². The van der Waals surface area contributed by atoms with Crippen molar-refractivity contribution in [3.63, 3.8) is 0 Å². The maximum Gasteiger partial charge on any atom is 0.264 e. The van der Waals surface area contributed by atoms with E-state index in [1.165, 1.54) is 17.1 Å². The van der Waals surface area contributed by atoms with Crippen molar-refractivity contribution >= 4 is 11.0 Å². The van der Waals surface area contributed by atoms with E-state index < -0.39 is 0 Å². The number of ether oxygens (including phenoxy) is 1. The van der Waals surface area contributed by atoms with Gasteiger partial charge in [0.25, 0.3) is 5.56 Å². The monoisotopic (exact) mass is 338 g/mol. The van der Waals surface area contributed by atoms with Crippen LogP contribution in [0.1, 0.15) is 5.89 Å². The van der Waals surface area contributed by atoms with Crippen molar-refractivity contribution in [1.29, 1.82) is 0 Å². The van der Waals surface area contributed by atoms with Gasteiger partial charge in [0.05, 0.1) is 18.9 Å². The van der Waals surface area contributed by atoms with E-state index >= 15 is 0 Å². The van der Waals surface area contributed by atoms with E-state index in [2.05, 4.69) is 20.2 Å². The Morgan fingerprint density at radius 2 is 2.12 bits per heavy atom. The highest BCUT2D eigenvalue weighted by Crippen LogP contribution is 2.27. The van der Waals surface area contributed by atoms with Gasteiger partial charge < -0.3 is 9.26 Å². The number of aromatic nitrogens is 6. The van der Waals surface area contributed by atoms with Gasteiger partial charge in [0, 0.05) is 7.05 Å². The summed E-state index contributed by atoms with van der Waals surface area (Å²) in [5.41, 5.74) is 1.03. The quantitative estimate of drug-likeness (QED) is 0.551. The Kier molecular flexibility index (Phi) is 3.53. The molecular weight excluding hydrogens is 324 g/mol. The molecule has 0 aliphatic rings. The number of para-hydroxylation sites is 1. The highest BCUT2D eigenvalue weighted by molar-refractivity contribution is 5.72. The third kappa shape index (κ3) is 2.55. The van der Waals surface area contributed by atoms with Gasteiger partial charge in [0.15, 0.2) is 5.65 Å². The molecule has 4 aromatic rings. The molecule has 0 radical (unpaired) electrons. The standard InChI is InChI=1S/C16H14N6O3/c1-21-15-11(7-18-21)16(23)22(9-17-15)8-13-19-14(20-25-13)10-5-3-4-6-12(10)24-2/h3-7,9H,8H2,1-2H3. The molecule has 0 saturated carbocycles. The van der Waals surface area contributed by atoms with Crippen LogP contribution in [0.15, 0.2) is 46.1 Å². The van der Waals surface area contributed by atoms with Gasteiger partial charge in [-0.2, -0.15) is 10.1 Å². The summed E-state index contributed by atoms with van der Waals surface area (Å²) in [4.78, 5) is 21.1. The Hall–Kier alpha value is -3.49. The van der Waals surface area contributed by atoms with Crippen molar-refractivity contribution in [3.05, 3.63) is 53.0 Å². The fourth-order valence-corrected chi connectivity index (χ4v) is 2.58. The van der Waals surface area contributed by atoms with Crippen LogP contribution >= 0.6 is 0 Å². The van der Waals surface area contributed by atoms with Gasteiger partial charge in [0.1, 0.15) is 24.0 Å². The second kappa shape index (κ2) is 5.86. The first-order valence-corrected chi connectivity index (χ1v) is 7.50. The Morgan fingerprint density at radius 3 is 2.96 bits per heavy atom. The van der Waals surface area contributed by atoms with Crippen molar-refractivity contribution in [2.45, 2.75) is 6.54 Å². The van der Waals surface area contributed by atoms with Gasteiger partial charge in [-0.1, -0.05) is 17.3 Å². The van der Waals surface area contributed by atoms with Crippen LogP contribution in [0, 0.1) is 0 Å². The van der Waals surface area contributed by atoms with Crippen molar-refractivity contribution in [3.8, 4) is 17.1 Å². The molecular formula is C16H14N6O3. The molecule has 0 aliphatic carbocycles. The number of rotatable bonds is 4. The number of fused-ring (bicyclic) bond motifs is 1. The summed E-state index contributed by atoms with van der Waals surface area (Å²) in [6.45, 7) is 0.124. The molecule has 9 nitrogen and oxygen atoms in total. The molecule has 1 aromatic carbocycles. The Balaban J connectivity index is 1.68. The van der Waals surface area contributed by atoms with E-state index in [1.807, 2.05) is 24.3 Å². The summed E-state index contributed by atoms with van der Waals surface area (Å²) in [6, 6.07) is 7.37. The highest BCUT2D eigenvalue weighted by Gasteiger charge is 2.15. The van der Waals surface area contributed by atoms with Crippen molar-refractivity contribution < 1.29 is 9.26 Å². The lowest BCUT2D eigenvalue weighted by Crippen LogP contribution is -2.21. The van der Waals surface area contributed by atoms with Gasteiger partial charge in [-0.15, -0.1) is 0 Å². The van der Waals surface area contributed by atoms with E-state index in [1.54, 1.807) is 18.8 Å². The molecule has 0 spiro atoms. The molecule has 0 bridgehead atoms. The summed E-state index contributed by atoms with van der Waals surface area (Å²) >= 11 is 0. The minimum Gasteiger partial charge on any atom is -0.496 e. The van der Waals surface area contributed by atoms with Crippen LogP contribution in [0.5, 0.6) is 5.75 Å². The summed E-state index contributed by atoms with van der Waals surface area (Å²) < 4.78 is 13.5. The molecule has 126 valence electrons. The maximum atomic E-state index is 12.5. The van der Waals surface area contributed by atoms with E-state index in [-0.39, 0.29) is 12.1 Å². The van der Waals surface area contributed by atoms with Gasteiger partial charge in [-0.05, 0) is 12.1 Å². The Labute approximate surface area is 141 Å². The largest absolute Gasteiger partial charge is 0.496 e. The van der Waals surface area contributed by atoms with Gasteiger partial charge in [-0.3, -0.25) is 14.0 Å². The summed E-state index contributed by atoms with van der Waals surface area (Å²) in [7, 11) is 3.31. The smallest absolute Gasteiger partial charge is 0.264 e. The number of benzene rings is 1. The molecule has 25 heavy (non-hydrogen) atoms. The molecule has 0 saturated heterocycles. The first-order chi connectivity index (χ1) is 12.2. The second-order valence-corrected chi connectivity index (χ2v) is 5.40. The van der Waals surface area contributed by atoms with Crippen molar-refractivity contribution in [1.82, 2.24) is 29.5 Å². The number of hydrogen-bond acceptors (Lipinski definition) is 7. The molecule has 3 aromatic heterocycles. The second-order valence-electron chi connectivity index (χ2n) is 5.40. The molecule has 3 heterocycles. The van der Waals surface area contributed by atoms with E-state index in [9.17, 15) is 4.79 Å². The predicted molar refractivity (Wildman–Crippen MR) is 88.2 cm³/mol. The Morgan fingerprint density at radius 1 is 1.28 bits per heavy atom. The molecule has 0 amide bonds. The molecule has 0 unspecified atom stereocenters. The third-order valence-electron chi connectivity index (χ3n) is 3.84. The molecule has 4 rings (SSSR count). The van der Waals surface area contributed by atoms with Crippen molar-refractivity contribution in [2.24, 2.45) is 7.05 Å². The van der Waals surface area contributed by atoms with E-state index in [0.29, 0.717) is 34.1 Å². The fourth-order valence-electron chi connectivity index (χ4n) is 2.58. The van der Waals surface area contributed by atoms with E-state index in [0.717, 1.165) is 0 Å². The van der Waals surface area contributed by atoms with Crippen LogP contribution in [0.4, 0.5) is 0 Å². The lowest BCUT2D eigenvalue weighted by Gasteiger charge is -2.03. The zero-order chi connectivity index (χ0) is 17.4. The van der Waals surface area contributed by atoms with Crippen LogP contribution in [0.2, 0.25) is 0 Å². The maximum absolute atomic E-state index is 12.5. The van der Waals surface area contributed by atoms with Crippen LogP contribution in [-0.4, -0.2) is 36.6 Å². The first kappa shape index (κ1) is 15.1. The average molecular weight is 338 g/mol. The highest BCUT2D eigenvalue weighted by atomic mass is 16.5. The zero-order valence-electron chi connectivity index (χ0n) is 13.6. The van der Waals surface area contributed by atoms with Crippen molar-refractivity contribution in [2.75, 3.05) is 7.11 Å². The first-order valence-electron chi connectivity index (χ1n) is 7.50. The van der Waals surface area contributed by atoms with Gasteiger partial charge in [0.2, 0.25) is 11.7 Å². The topological polar surface area (TPSA) is 101 Å². The lowest BCUT2D eigenvalue weighted by molar-refractivity contribution is 0.369. The normalized spacial score (nSPS) is 11.1. The minimum absolute atomic E-state index is 0.124. The summed E-state index contributed by atoms with van der Waals surface area (Å²) in [5.74, 6) is 1.34. The Bertz CT molecular complexity index is 1110. The van der Waals surface area contributed by atoms with Crippen LogP contribution in [0.25, 0.3) is 22.4 Å². The molecule has 0 N–H and O–H groups in total. The number of methoxy groups -OCH3 is 1. The molecule has 9 heteroatoms. The number of aryl methyl sites for hydroxylation is 1. The third-order valence-corrected chi connectivity index (χ3v) is 3.84. The fraction of sp³-hybridized carbons (Fsp3) is 0.188. The number of nitrogens with zero attached hydrogens (tertiary/aromatic N) is 6. The number of hydrogen-bond donors (Lipinski definition) is 0. The summed E-state index contributed by atoms with van der Waals surface area (Å²) in [5, 5.41) is 8.45.